The molecule has 1 aromatic carbocycles. The van der Waals surface area contributed by atoms with Crippen molar-refractivity contribution < 1.29 is 0 Å². The third-order valence-electron chi connectivity index (χ3n) is 1.62. The quantitative estimate of drug-likeness (QED) is 0.447. The fourth-order valence-corrected chi connectivity index (χ4v) is 0.930. The molecule has 0 N–H and O–H groups in total. The van der Waals surface area contributed by atoms with Crippen LogP contribution in [0.2, 0.25) is 0 Å². The minimum absolute atomic E-state index is 0.844. The fraction of sp³-hybridized carbons (Fsp3) is 0.231. The SMILES string of the molecule is CC(C)=CCC#Cc1ccccc1. The standard InChI is InChI=1S/C13H14/c1-12(2)8-6-7-11-13-9-4-3-5-10-13/h3-5,8-10H,6H2,1-2H3. The van der Waals surface area contributed by atoms with Gasteiger partial charge in [-0.3, -0.25) is 0 Å². The maximum atomic E-state index is 3.11. The number of hydrogen-bond acceptors (Lipinski definition) is 0. The highest BCUT2D eigenvalue weighted by atomic mass is 13.8. The summed E-state index contributed by atoms with van der Waals surface area (Å²) in [4.78, 5) is 0. The fourth-order valence-electron chi connectivity index (χ4n) is 0.930. The Kier molecular flexibility index (Phi) is 3.85. The summed E-state index contributed by atoms with van der Waals surface area (Å²) in [5.41, 5.74) is 2.41. The Morgan fingerprint density at radius 3 is 2.54 bits per heavy atom. The van der Waals surface area contributed by atoms with Crippen molar-refractivity contribution in [3.05, 3.63) is 47.5 Å². The summed E-state index contributed by atoms with van der Waals surface area (Å²) < 4.78 is 0. The molecule has 0 saturated carbocycles. The van der Waals surface area contributed by atoms with Crippen LogP contribution in [0.15, 0.2) is 42.0 Å². The molecule has 0 nitrogen and oxygen atoms in total. The zero-order chi connectivity index (χ0) is 9.52. The van der Waals surface area contributed by atoms with E-state index >= 15 is 0 Å². The second-order valence-corrected chi connectivity index (χ2v) is 3.15. The van der Waals surface area contributed by atoms with Crippen LogP contribution in [0.5, 0.6) is 0 Å². The average molecular weight is 170 g/mol. The van der Waals surface area contributed by atoms with Crippen molar-refractivity contribution in [1.82, 2.24) is 0 Å². The van der Waals surface area contributed by atoms with E-state index in [0.29, 0.717) is 0 Å². The predicted octanol–water partition coefficient (Wildman–Crippen LogP) is 3.39. The van der Waals surface area contributed by atoms with Crippen LogP contribution in [0.25, 0.3) is 0 Å². The molecule has 66 valence electrons. The van der Waals surface area contributed by atoms with Gasteiger partial charge in [-0.25, -0.2) is 0 Å². The van der Waals surface area contributed by atoms with Crippen molar-refractivity contribution in [2.75, 3.05) is 0 Å². The van der Waals surface area contributed by atoms with Gasteiger partial charge in [-0.05, 0) is 26.0 Å². The molecule has 0 bridgehead atoms. The summed E-state index contributed by atoms with van der Waals surface area (Å²) in [6.07, 6.45) is 2.98. The lowest BCUT2D eigenvalue weighted by molar-refractivity contribution is 1.31. The molecule has 0 saturated heterocycles. The first-order valence-corrected chi connectivity index (χ1v) is 4.46. The molecular weight excluding hydrogens is 156 g/mol. The normalized spacial score (nSPS) is 8.46. The molecule has 0 aliphatic rings. The Morgan fingerprint density at radius 1 is 1.23 bits per heavy atom. The molecule has 0 aliphatic carbocycles. The first kappa shape index (κ1) is 9.61. The molecule has 0 amide bonds. The van der Waals surface area contributed by atoms with Crippen molar-refractivity contribution in [1.29, 1.82) is 0 Å². The Labute approximate surface area is 80.3 Å². The van der Waals surface area contributed by atoms with Gasteiger partial charge in [-0.1, -0.05) is 41.7 Å². The maximum absolute atomic E-state index is 3.11. The topological polar surface area (TPSA) is 0 Å². The molecule has 1 aromatic rings. The number of rotatable bonds is 1. The molecule has 0 radical (unpaired) electrons. The molecule has 0 fully saturated rings. The van der Waals surface area contributed by atoms with Crippen molar-refractivity contribution >= 4 is 0 Å². The Hall–Kier alpha value is -1.48. The summed E-state index contributed by atoms with van der Waals surface area (Å²) in [6.45, 7) is 4.17. The van der Waals surface area contributed by atoms with E-state index in [2.05, 4.69) is 31.8 Å². The van der Waals surface area contributed by atoms with Gasteiger partial charge in [0.2, 0.25) is 0 Å². The molecule has 0 aromatic heterocycles. The lowest BCUT2D eigenvalue weighted by Crippen LogP contribution is -1.70. The molecular formula is C13H14. The number of benzene rings is 1. The van der Waals surface area contributed by atoms with Crippen LogP contribution in [-0.4, -0.2) is 0 Å². The van der Waals surface area contributed by atoms with Gasteiger partial charge < -0.3 is 0 Å². The van der Waals surface area contributed by atoms with E-state index < -0.39 is 0 Å². The van der Waals surface area contributed by atoms with Crippen molar-refractivity contribution in [2.45, 2.75) is 20.3 Å². The average Bonchev–Trinajstić information content (AvgIpc) is 2.14. The largest absolute Gasteiger partial charge is 0.0937 e. The van der Waals surface area contributed by atoms with Crippen LogP contribution in [0.3, 0.4) is 0 Å². The van der Waals surface area contributed by atoms with E-state index in [0.717, 1.165) is 12.0 Å². The lowest BCUT2D eigenvalue weighted by Gasteiger charge is -1.86. The zero-order valence-corrected chi connectivity index (χ0v) is 8.17. The molecule has 0 heteroatoms. The second-order valence-electron chi connectivity index (χ2n) is 3.15. The summed E-state index contributed by atoms with van der Waals surface area (Å²) >= 11 is 0. The highest BCUT2D eigenvalue weighted by molar-refractivity contribution is 5.33. The number of allylic oxidation sites excluding steroid dienone is 2. The van der Waals surface area contributed by atoms with Gasteiger partial charge in [0.25, 0.3) is 0 Å². The molecule has 13 heavy (non-hydrogen) atoms. The molecule has 0 spiro atoms. The predicted molar refractivity (Wildman–Crippen MR) is 57.4 cm³/mol. The lowest BCUT2D eigenvalue weighted by atomic mass is 10.2. The van der Waals surface area contributed by atoms with Crippen LogP contribution in [0.4, 0.5) is 0 Å². The zero-order valence-electron chi connectivity index (χ0n) is 8.17. The Morgan fingerprint density at radius 2 is 1.92 bits per heavy atom. The molecule has 0 atom stereocenters. The van der Waals surface area contributed by atoms with E-state index in [9.17, 15) is 0 Å². The highest BCUT2D eigenvalue weighted by Crippen LogP contribution is 1.96. The monoisotopic (exact) mass is 170 g/mol. The van der Waals surface area contributed by atoms with Crippen LogP contribution in [0, 0.1) is 11.8 Å². The minimum atomic E-state index is 0.844. The summed E-state index contributed by atoms with van der Waals surface area (Å²) in [5.74, 6) is 6.21. The van der Waals surface area contributed by atoms with Crippen molar-refractivity contribution in [3.63, 3.8) is 0 Å². The van der Waals surface area contributed by atoms with E-state index in [1.54, 1.807) is 0 Å². The maximum Gasteiger partial charge on any atom is 0.0275 e. The van der Waals surface area contributed by atoms with Crippen LogP contribution >= 0.6 is 0 Å². The first-order chi connectivity index (χ1) is 6.29. The van der Waals surface area contributed by atoms with E-state index in [1.807, 2.05) is 30.3 Å². The van der Waals surface area contributed by atoms with Gasteiger partial charge >= 0.3 is 0 Å². The number of hydrogen-bond donors (Lipinski definition) is 0. The van der Waals surface area contributed by atoms with Crippen molar-refractivity contribution in [3.8, 4) is 11.8 Å². The van der Waals surface area contributed by atoms with E-state index in [-0.39, 0.29) is 0 Å². The summed E-state index contributed by atoms with van der Waals surface area (Å²) in [7, 11) is 0. The van der Waals surface area contributed by atoms with Gasteiger partial charge in [0.1, 0.15) is 0 Å². The third kappa shape index (κ3) is 4.18. The van der Waals surface area contributed by atoms with Gasteiger partial charge in [0.05, 0.1) is 0 Å². The van der Waals surface area contributed by atoms with Crippen LogP contribution < -0.4 is 0 Å². The third-order valence-corrected chi connectivity index (χ3v) is 1.62. The highest BCUT2D eigenvalue weighted by Gasteiger charge is 1.80. The Bertz CT molecular complexity index is 329. The van der Waals surface area contributed by atoms with Crippen LogP contribution in [0.1, 0.15) is 25.8 Å². The van der Waals surface area contributed by atoms with Gasteiger partial charge in [0.15, 0.2) is 0 Å². The van der Waals surface area contributed by atoms with Gasteiger partial charge in [0, 0.05) is 12.0 Å². The van der Waals surface area contributed by atoms with Crippen molar-refractivity contribution in [2.24, 2.45) is 0 Å². The summed E-state index contributed by atoms with van der Waals surface area (Å²) in [6, 6.07) is 10.1. The van der Waals surface area contributed by atoms with Gasteiger partial charge in [-0.2, -0.15) is 0 Å². The Balaban J connectivity index is 2.54. The van der Waals surface area contributed by atoms with E-state index in [4.69, 9.17) is 0 Å². The first-order valence-electron chi connectivity index (χ1n) is 4.46. The van der Waals surface area contributed by atoms with E-state index in [1.165, 1.54) is 5.57 Å². The van der Waals surface area contributed by atoms with Gasteiger partial charge in [-0.15, -0.1) is 0 Å². The second kappa shape index (κ2) is 5.22. The summed E-state index contributed by atoms with van der Waals surface area (Å²) in [5, 5.41) is 0. The van der Waals surface area contributed by atoms with Crippen LogP contribution in [-0.2, 0) is 0 Å². The molecule has 1 rings (SSSR count). The minimum Gasteiger partial charge on any atom is -0.0937 e. The molecule has 0 aliphatic heterocycles. The smallest absolute Gasteiger partial charge is 0.0275 e. The molecule has 0 heterocycles. The molecule has 0 unspecified atom stereocenters.